The summed E-state index contributed by atoms with van der Waals surface area (Å²) in [6.45, 7) is 2.02. The first-order valence-corrected chi connectivity index (χ1v) is 9.77. The van der Waals surface area contributed by atoms with Crippen LogP contribution in [-0.4, -0.2) is 15.1 Å². The molecule has 0 aliphatic heterocycles. The molecular weight excluding hydrogens is 340 g/mol. The van der Waals surface area contributed by atoms with E-state index in [-0.39, 0.29) is 0 Å². The van der Waals surface area contributed by atoms with E-state index in [1.807, 2.05) is 25.1 Å². The van der Waals surface area contributed by atoms with Crippen molar-refractivity contribution in [2.75, 3.05) is 0 Å². The summed E-state index contributed by atoms with van der Waals surface area (Å²) in [4.78, 5) is 10.2. The van der Waals surface area contributed by atoms with Gasteiger partial charge < -0.3 is 10.3 Å². The fourth-order valence-corrected chi connectivity index (χ4v) is 4.37. The molecule has 0 amide bonds. The van der Waals surface area contributed by atoms with Crippen molar-refractivity contribution in [2.24, 2.45) is 5.73 Å². The number of benzene rings is 1. The molecule has 0 unspecified atom stereocenters. The maximum atomic E-state index is 6.29. The van der Waals surface area contributed by atoms with E-state index in [1.165, 1.54) is 0 Å². The number of rotatable bonds is 5. The first-order valence-electron chi connectivity index (χ1n) is 7.90. The number of nitrogens with two attached hydrogens (primary N) is 1. The smallest absolute Gasteiger partial charge is 0.259 e. The van der Waals surface area contributed by atoms with Crippen LogP contribution in [0.5, 0.6) is 0 Å². The molecule has 1 aromatic carbocycles. The van der Waals surface area contributed by atoms with Crippen LogP contribution in [0.1, 0.15) is 35.8 Å². The van der Waals surface area contributed by atoms with E-state index in [9.17, 15) is 0 Å². The molecule has 1 aliphatic rings. The quantitative estimate of drug-likeness (QED) is 0.691. The SMILES string of the molecule is Cc1nc(CSc2ccccc2-c2nc(C3(N)CCC3)no2)cs1. The van der Waals surface area contributed by atoms with Crippen LogP contribution >= 0.6 is 23.1 Å². The van der Waals surface area contributed by atoms with Gasteiger partial charge in [0.25, 0.3) is 5.89 Å². The molecule has 0 atom stereocenters. The van der Waals surface area contributed by atoms with Crippen molar-refractivity contribution in [2.45, 2.75) is 42.4 Å². The minimum atomic E-state index is -0.401. The zero-order chi connectivity index (χ0) is 16.6. The van der Waals surface area contributed by atoms with Crippen LogP contribution < -0.4 is 5.73 Å². The zero-order valence-corrected chi connectivity index (χ0v) is 15.0. The molecule has 0 spiro atoms. The van der Waals surface area contributed by atoms with E-state index in [2.05, 4.69) is 26.6 Å². The molecular formula is C17H18N4OS2. The normalized spacial score (nSPS) is 16.1. The molecule has 2 aromatic heterocycles. The molecule has 0 bridgehead atoms. The van der Waals surface area contributed by atoms with E-state index in [0.717, 1.165) is 46.2 Å². The second-order valence-corrected chi connectivity index (χ2v) is 8.15. The topological polar surface area (TPSA) is 77.8 Å². The van der Waals surface area contributed by atoms with Crippen molar-refractivity contribution < 1.29 is 4.52 Å². The van der Waals surface area contributed by atoms with Crippen molar-refractivity contribution >= 4 is 23.1 Å². The number of nitrogens with zero attached hydrogens (tertiary/aromatic N) is 3. The van der Waals surface area contributed by atoms with Crippen LogP contribution in [-0.2, 0) is 11.3 Å². The predicted molar refractivity (Wildman–Crippen MR) is 95.9 cm³/mol. The Labute approximate surface area is 148 Å². The molecule has 24 heavy (non-hydrogen) atoms. The Kier molecular flexibility index (Phi) is 4.15. The highest BCUT2D eigenvalue weighted by atomic mass is 32.2. The first kappa shape index (κ1) is 15.8. The van der Waals surface area contributed by atoms with Gasteiger partial charge in [-0.25, -0.2) is 4.98 Å². The summed E-state index contributed by atoms with van der Waals surface area (Å²) in [6.07, 6.45) is 2.97. The van der Waals surface area contributed by atoms with Crippen LogP contribution in [0.4, 0.5) is 0 Å². The third-order valence-electron chi connectivity index (χ3n) is 4.28. The molecule has 2 heterocycles. The van der Waals surface area contributed by atoms with E-state index in [4.69, 9.17) is 10.3 Å². The lowest BCUT2D eigenvalue weighted by Gasteiger charge is -2.34. The number of hydrogen-bond donors (Lipinski definition) is 1. The molecule has 0 saturated heterocycles. The fourth-order valence-electron chi connectivity index (χ4n) is 2.71. The highest BCUT2D eigenvalue weighted by molar-refractivity contribution is 7.98. The number of hydrogen-bond acceptors (Lipinski definition) is 7. The Hall–Kier alpha value is -1.70. The Bertz CT molecular complexity index is 854. The van der Waals surface area contributed by atoms with Gasteiger partial charge in [-0.3, -0.25) is 0 Å². The molecule has 7 heteroatoms. The average molecular weight is 358 g/mol. The molecule has 124 valence electrons. The minimum Gasteiger partial charge on any atom is -0.334 e. The van der Waals surface area contributed by atoms with Gasteiger partial charge in [-0.05, 0) is 38.3 Å². The van der Waals surface area contributed by atoms with Gasteiger partial charge in [0.15, 0.2) is 5.82 Å². The van der Waals surface area contributed by atoms with Crippen LogP contribution in [0.3, 0.4) is 0 Å². The van der Waals surface area contributed by atoms with Crippen molar-refractivity contribution in [3.8, 4) is 11.5 Å². The van der Waals surface area contributed by atoms with Crippen LogP contribution in [0.15, 0.2) is 39.1 Å². The Morgan fingerprint density at radius 1 is 1.29 bits per heavy atom. The van der Waals surface area contributed by atoms with Gasteiger partial charge in [0.2, 0.25) is 0 Å². The third-order valence-corrected chi connectivity index (χ3v) is 6.21. The van der Waals surface area contributed by atoms with Crippen molar-refractivity contribution in [3.63, 3.8) is 0 Å². The number of thiazole rings is 1. The standard InChI is InChI=1S/C17H18N4OS2/c1-11-19-12(9-23-11)10-24-14-6-3-2-5-13(14)15-20-16(21-22-15)17(18)7-4-8-17/h2-3,5-6,9H,4,7-8,10,18H2,1H3. The second-order valence-electron chi connectivity index (χ2n) is 6.08. The average Bonchev–Trinajstić information content (AvgIpc) is 3.20. The largest absolute Gasteiger partial charge is 0.334 e. The summed E-state index contributed by atoms with van der Waals surface area (Å²) in [5.74, 6) is 1.99. The van der Waals surface area contributed by atoms with Crippen molar-refractivity contribution in [1.82, 2.24) is 15.1 Å². The molecule has 0 radical (unpaired) electrons. The van der Waals surface area contributed by atoms with Crippen molar-refractivity contribution in [1.29, 1.82) is 0 Å². The highest BCUT2D eigenvalue weighted by Crippen LogP contribution is 2.39. The zero-order valence-electron chi connectivity index (χ0n) is 13.4. The summed E-state index contributed by atoms with van der Waals surface area (Å²) in [6, 6.07) is 8.09. The van der Waals surface area contributed by atoms with Crippen LogP contribution in [0, 0.1) is 6.92 Å². The van der Waals surface area contributed by atoms with Gasteiger partial charge in [-0.2, -0.15) is 4.98 Å². The fraction of sp³-hybridized carbons (Fsp3) is 0.353. The summed E-state index contributed by atoms with van der Waals surface area (Å²) < 4.78 is 5.50. The maximum absolute atomic E-state index is 6.29. The third kappa shape index (κ3) is 2.99. The number of aromatic nitrogens is 3. The maximum Gasteiger partial charge on any atom is 0.259 e. The van der Waals surface area contributed by atoms with E-state index < -0.39 is 5.54 Å². The molecule has 3 aromatic rings. The monoisotopic (exact) mass is 358 g/mol. The Morgan fingerprint density at radius 2 is 2.12 bits per heavy atom. The van der Waals surface area contributed by atoms with E-state index >= 15 is 0 Å². The van der Waals surface area contributed by atoms with Crippen LogP contribution in [0.25, 0.3) is 11.5 Å². The highest BCUT2D eigenvalue weighted by Gasteiger charge is 2.39. The summed E-state index contributed by atoms with van der Waals surface area (Å²) in [5, 5.41) is 7.31. The predicted octanol–water partition coefficient (Wildman–Crippen LogP) is 4.13. The summed E-state index contributed by atoms with van der Waals surface area (Å²) in [5.41, 5.74) is 7.94. The van der Waals surface area contributed by atoms with Gasteiger partial charge in [0, 0.05) is 16.0 Å². The van der Waals surface area contributed by atoms with Gasteiger partial charge in [-0.1, -0.05) is 17.3 Å². The van der Waals surface area contributed by atoms with Crippen LogP contribution in [0.2, 0.25) is 0 Å². The second kappa shape index (κ2) is 6.31. The Morgan fingerprint density at radius 3 is 2.83 bits per heavy atom. The van der Waals surface area contributed by atoms with Crippen molar-refractivity contribution in [3.05, 3.63) is 46.2 Å². The minimum absolute atomic E-state index is 0.401. The molecule has 2 N–H and O–H groups in total. The number of thioether (sulfide) groups is 1. The lowest BCUT2D eigenvalue weighted by atomic mass is 9.77. The van der Waals surface area contributed by atoms with E-state index in [0.29, 0.717) is 11.7 Å². The number of aryl methyl sites for hydroxylation is 1. The van der Waals surface area contributed by atoms with E-state index in [1.54, 1.807) is 23.1 Å². The molecule has 4 rings (SSSR count). The summed E-state index contributed by atoms with van der Waals surface area (Å²) in [7, 11) is 0. The lowest BCUT2D eigenvalue weighted by Crippen LogP contribution is -2.44. The van der Waals surface area contributed by atoms with Gasteiger partial charge in [0.1, 0.15) is 0 Å². The van der Waals surface area contributed by atoms with Gasteiger partial charge >= 0.3 is 0 Å². The molecule has 1 aliphatic carbocycles. The molecule has 1 saturated carbocycles. The lowest BCUT2D eigenvalue weighted by molar-refractivity contribution is 0.229. The Balaban J connectivity index is 1.57. The van der Waals surface area contributed by atoms with Gasteiger partial charge in [-0.15, -0.1) is 23.1 Å². The molecule has 1 fully saturated rings. The van der Waals surface area contributed by atoms with Gasteiger partial charge in [0.05, 0.1) is 21.8 Å². The first-order chi connectivity index (χ1) is 11.6. The summed E-state index contributed by atoms with van der Waals surface area (Å²) >= 11 is 3.41. The molecule has 5 nitrogen and oxygen atoms in total.